The van der Waals surface area contributed by atoms with Gasteiger partial charge in [-0.1, -0.05) is 0 Å². The van der Waals surface area contributed by atoms with Gasteiger partial charge in [0.2, 0.25) is 0 Å². The average molecular weight is 194 g/mol. The lowest BCUT2D eigenvalue weighted by molar-refractivity contribution is 0.261. The fraction of sp³-hybridized carbons (Fsp3) is 0.700. The number of aryl methyl sites for hydroxylation is 1. The highest BCUT2D eigenvalue weighted by atomic mass is 15.3. The van der Waals surface area contributed by atoms with Gasteiger partial charge in [0.15, 0.2) is 0 Å². The minimum Gasteiger partial charge on any atom is -0.378 e. The standard InChI is InChI=1S/C10H18N4/c1-13-5-3-4-9(7-13)12-10-6-11-14(2)8-10/h6,8-9,12H,3-5,7H2,1-2H3/t9-/m1/s1. The van der Waals surface area contributed by atoms with E-state index in [0.29, 0.717) is 6.04 Å². The first-order valence-corrected chi connectivity index (χ1v) is 5.18. The molecule has 0 unspecified atom stereocenters. The number of piperidine rings is 1. The van der Waals surface area contributed by atoms with E-state index in [1.807, 2.05) is 24.1 Å². The Morgan fingerprint density at radius 2 is 2.36 bits per heavy atom. The minimum atomic E-state index is 0.581. The first kappa shape index (κ1) is 9.52. The van der Waals surface area contributed by atoms with Gasteiger partial charge in [-0.25, -0.2) is 0 Å². The molecule has 2 heterocycles. The van der Waals surface area contributed by atoms with Crippen molar-refractivity contribution in [3.8, 4) is 0 Å². The first-order valence-electron chi connectivity index (χ1n) is 5.18. The number of aromatic nitrogens is 2. The van der Waals surface area contributed by atoms with Crippen LogP contribution in [-0.2, 0) is 7.05 Å². The van der Waals surface area contributed by atoms with Gasteiger partial charge in [0.1, 0.15) is 0 Å². The van der Waals surface area contributed by atoms with Gasteiger partial charge in [0.05, 0.1) is 11.9 Å². The van der Waals surface area contributed by atoms with Crippen LogP contribution in [0.1, 0.15) is 12.8 Å². The fourth-order valence-corrected chi connectivity index (χ4v) is 2.02. The summed E-state index contributed by atoms with van der Waals surface area (Å²) in [5, 5.41) is 7.65. The summed E-state index contributed by atoms with van der Waals surface area (Å²) in [7, 11) is 4.12. The molecule has 4 nitrogen and oxygen atoms in total. The van der Waals surface area contributed by atoms with Crippen LogP contribution < -0.4 is 5.32 Å². The van der Waals surface area contributed by atoms with Gasteiger partial charge in [-0.15, -0.1) is 0 Å². The second-order valence-electron chi connectivity index (χ2n) is 4.15. The Balaban J connectivity index is 1.90. The van der Waals surface area contributed by atoms with E-state index in [2.05, 4.69) is 22.4 Å². The maximum absolute atomic E-state index is 4.14. The van der Waals surface area contributed by atoms with Crippen LogP contribution in [-0.4, -0.2) is 40.9 Å². The third-order valence-electron chi connectivity index (χ3n) is 2.70. The average Bonchev–Trinajstić information content (AvgIpc) is 2.51. The SMILES string of the molecule is CN1CCC[C@@H](Nc2cnn(C)c2)C1. The normalized spacial score (nSPS) is 23.7. The predicted octanol–water partition coefficient (Wildman–Crippen LogP) is 0.926. The van der Waals surface area contributed by atoms with Crippen LogP contribution in [0.3, 0.4) is 0 Å². The molecule has 1 saturated heterocycles. The zero-order valence-electron chi connectivity index (χ0n) is 8.90. The van der Waals surface area contributed by atoms with Crippen molar-refractivity contribution in [2.75, 3.05) is 25.5 Å². The van der Waals surface area contributed by atoms with Crippen LogP contribution in [0.25, 0.3) is 0 Å². The molecule has 0 amide bonds. The van der Waals surface area contributed by atoms with Gasteiger partial charge < -0.3 is 10.2 Å². The second kappa shape index (κ2) is 4.00. The van der Waals surface area contributed by atoms with E-state index >= 15 is 0 Å². The topological polar surface area (TPSA) is 33.1 Å². The number of nitrogens with one attached hydrogen (secondary N) is 1. The van der Waals surface area contributed by atoms with Crippen LogP contribution in [0.2, 0.25) is 0 Å². The molecule has 1 N–H and O–H groups in total. The zero-order valence-corrected chi connectivity index (χ0v) is 8.90. The van der Waals surface area contributed by atoms with Gasteiger partial charge >= 0.3 is 0 Å². The summed E-state index contributed by atoms with van der Waals surface area (Å²) in [6.45, 7) is 2.36. The molecule has 1 atom stereocenters. The van der Waals surface area contributed by atoms with Crippen molar-refractivity contribution >= 4 is 5.69 Å². The summed E-state index contributed by atoms with van der Waals surface area (Å²) in [6.07, 6.45) is 6.46. The van der Waals surface area contributed by atoms with Crippen molar-refractivity contribution in [3.63, 3.8) is 0 Å². The quantitative estimate of drug-likeness (QED) is 0.760. The lowest BCUT2D eigenvalue weighted by Crippen LogP contribution is -2.39. The minimum absolute atomic E-state index is 0.581. The van der Waals surface area contributed by atoms with Crippen LogP contribution in [0.15, 0.2) is 12.4 Å². The van der Waals surface area contributed by atoms with E-state index in [4.69, 9.17) is 0 Å². The highest BCUT2D eigenvalue weighted by molar-refractivity contribution is 5.39. The van der Waals surface area contributed by atoms with E-state index in [1.165, 1.54) is 19.4 Å². The summed E-state index contributed by atoms with van der Waals surface area (Å²) in [6, 6.07) is 0.581. The third-order valence-corrected chi connectivity index (χ3v) is 2.70. The third kappa shape index (κ3) is 2.26. The first-order chi connectivity index (χ1) is 6.74. The van der Waals surface area contributed by atoms with Gasteiger partial charge in [-0.3, -0.25) is 4.68 Å². The van der Waals surface area contributed by atoms with Crippen molar-refractivity contribution < 1.29 is 0 Å². The molecule has 14 heavy (non-hydrogen) atoms. The highest BCUT2D eigenvalue weighted by Crippen LogP contribution is 2.13. The smallest absolute Gasteiger partial charge is 0.0728 e. The molecule has 0 aromatic carbocycles. The lowest BCUT2D eigenvalue weighted by Gasteiger charge is -2.30. The number of rotatable bonds is 2. The van der Waals surface area contributed by atoms with Crippen LogP contribution in [0.4, 0.5) is 5.69 Å². The Morgan fingerprint density at radius 1 is 1.50 bits per heavy atom. The number of likely N-dealkylation sites (N-methyl/N-ethyl adjacent to an activating group) is 1. The molecular weight excluding hydrogens is 176 g/mol. The van der Waals surface area contributed by atoms with Gasteiger partial charge in [0.25, 0.3) is 0 Å². The Labute approximate surface area is 84.9 Å². The van der Waals surface area contributed by atoms with E-state index < -0.39 is 0 Å². The summed E-state index contributed by atoms with van der Waals surface area (Å²) >= 11 is 0. The Morgan fingerprint density at radius 3 is 3.00 bits per heavy atom. The largest absolute Gasteiger partial charge is 0.378 e. The molecule has 1 aliphatic heterocycles. The lowest BCUT2D eigenvalue weighted by atomic mass is 10.1. The van der Waals surface area contributed by atoms with Gasteiger partial charge in [-0.05, 0) is 26.4 Å². The van der Waals surface area contributed by atoms with E-state index in [9.17, 15) is 0 Å². The molecule has 0 aliphatic carbocycles. The fourth-order valence-electron chi connectivity index (χ4n) is 2.02. The zero-order chi connectivity index (χ0) is 9.97. The van der Waals surface area contributed by atoms with Crippen molar-refractivity contribution in [2.24, 2.45) is 7.05 Å². The van der Waals surface area contributed by atoms with Crippen molar-refractivity contribution in [1.29, 1.82) is 0 Å². The van der Waals surface area contributed by atoms with Gasteiger partial charge in [-0.2, -0.15) is 5.10 Å². The van der Waals surface area contributed by atoms with Gasteiger partial charge in [0, 0.05) is 25.8 Å². The molecule has 1 aromatic rings. The van der Waals surface area contributed by atoms with Crippen LogP contribution >= 0.6 is 0 Å². The molecular formula is C10H18N4. The number of hydrogen-bond acceptors (Lipinski definition) is 3. The van der Waals surface area contributed by atoms with Crippen molar-refractivity contribution in [1.82, 2.24) is 14.7 Å². The number of anilines is 1. The summed E-state index contributed by atoms with van der Waals surface area (Å²) in [5.74, 6) is 0. The monoisotopic (exact) mass is 194 g/mol. The summed E-state index contributed by atoms with van der Waals surface area (Å²) in [4.78, 5) is 2.37. The molecule has 0 spiro atoms. The molecule has 78 valence electrons. The Kier molecular flexibility index (Phi) is 2.72. The predicted molar refractivity (Wildman–Crippen MR) is 57.3 cm³/mol. The molecule has 0 bridgehead atoms. The highest BCUT2D eigenvalue weighted by Gasteiger charge is 2.16. The van der Waals surface area contributed by atoms with Crippen molar-refractivity contribution in [2.45, 2.75) is 18.9 Å². The summed E-state index contributed by atoms with van der Waals surface area (Å²) < 4.78 is 1.83. The number of likely N-dealkylation sites (tertiary alicyclic amines) is 1. The molecule has 0 saturated carbocycles. The van der Waals surface area contributed by atoms with E-state index in [-0.39, 0.29) is 0 Å². The van der Waals surface area contributed by atoms with E-state index in [1.54, 1.807) is 0 Å². The molecule has 1 aliphatic rings. The molecule has 2 rings (SSSR count). The maximum atomic E-state index is 4.14. The summed E-state index contributed by atoms with van der Waals surface area (Å²) in [5.41, 5.74) is 1.13. The van der Waals surface area contributed by atoms with Crippen LogP contribution in [0, 0.1) is 0 Å². The molecule has 1 fully saturated rings. The molecule has 4 heteroatoms. The maximum Gasteiger partial charge on any atom is 0.0728 e. The number of nitrogens with zero attached hydrogens (tertiary/aromatic N) is 3. The Bertz CT molecular complexity index is 294. The molecule has 1 aromatic heterocycles. The van der Waals surface area contributed by atoms with E-state index in [0.717, 1.165) is 12.2 Å². The van der Waals surface area contributed by atoms with Crippen molar-refractivity contribution in [3.05, 3.63) is 12.4 Å². The molecule has 0 radical (unpaired) electrons. The number of hydrogen-bond donors (Lipinski definition) is 1. The second-order valence-corrected chi connectivity index (χ2v) is 4.15. The Hall–Kier alpha value is -1.03. The van der Waals surface area contributed by atoms with Crippen LogP contribution in [0.5, 0.6) is 0 Å².